The normalized spacial score (nSPS) is 24.7. The summed E-state index contributed by atoms with van der Waals surface area (Å²) in [4.78, 5) is 14.8. The van der Waals surface area contributed by atoms with E-state index < -0.39 is 10.8 Å². The molecule has 0 bridgehead atoms. The van der Waals surface area contributed by atoms with E-state index in [1.54, 1.807) is 0 Å². The number of hydrogen-bond donors (Lipinski definition) is 0. The van der Waals surface area contributed by atoms with Crippen LogP contribution in [-0.2, 0) is 17.8 Å². The van der Waals surface area contributed by atoms with Crippen LogP contribution in [0.3, 0.4) is 0 Å². The summed E-state index contributed by atoms with van der Waals surface area (Å²) in [6.07, 6.45) is 0. The molecule has 1 saturated heterocycles. The Morgan fingerprint density at radius 1 is 1.13 bits per heavy atom. The minimum atomic E-state index is -0.839. The van der Waals surface area contributed by atoms with Gasteiger partial charge < -0.3 is 9.47 Å². The van der Waals surface area contributed by atoms with E-state index >= 15 is 0 Å². The van der Waals surface area contributed by atoms with Gasteiger partial charge in [0.2, 0.25) is 0 Å². The molecule has 0 spiro atoms. The standard InChI is InChI=1S/C18H22N2O2S/c1-13-14(2)23(22)12-11-20(13)18(21)17-10-9-16(19(17)3)15-7-5-4-6-8-15/h4-10,13-14H,11-12H2,1-3H3/t13-,14-,23-/m1/s1. The molecule has 1 amide bonds. The van der Waals surface area contributed by atoms with Gasteiger partial charge in [0.1, 0.15) is 5.69 Å². The van der Waals surface area contributed by atoms with Crippen LogP contribution < -0.4 is 0 Å². The predicted molar refractivity (Wildman–Crippen MR) is 93.8 cm³/mol. The molecule has 0 saturated carbocycles. The third-order valence-electron chi connectivity index (χ3n) is 4.79. The zero-order chi connectivity index (χ0) is 16.6. The topological polar surface area (TPSA) is 42.3 Å². The van der Waals surface area contributed by atoms with Gasteiger partial charge in [-0.2, -0.15) is 0 Å². The Balaban J connectivity index is 1.89. The van der Waals surface area contributed by atoms with Gasteiger partial charge >= 0.3 is 0 Å². The van der Waals surface area contributed by atoms with Crippen molar-refractivity contribution in [1.82, 2.24) is 9.47 Å². The van der Waals surface area contributed by atoms with Crippen LogP contribution in [-0.4, -0.2) is 43.2 Å². The molecule has 0 aliphatic carbocycles. The second-order valence-electron chi connectivity index (χ2n) is 6.06. The maximum Gasteiger partial charge on any atom is 0.270 e. The van der Waals surface area contributed by atoms with Crippen molar-refractivity contribution in [2.24, 2.45) is 7.05 Å². The fourth-order valence-corrected chi connectivity index (χ4v) is 4.44. The first-order chi connectivity index (χ1) is 11.0. The molecule has 23 heavy (non-hydrogen) atoms. The van der Waals surface area contributed by atoms with E-state index in [-0.39, 0.29) is 17.2 Å². The Bertz CT molecular complexity index is 739. The van der Waals surface area contributed by atoms with Crippen LogP contribution in [0.25, 0.3) is 11.3 Å². The lowest BCUT2D eigenvalue weighted by Crippen LogP contribution is -2.52. The fourth-order valence-electron chi connectivity index (χ4n) is 3.11. The first kappa shape index (κ1) is 16.0. The molecule has 2 aromatic rings. The van der Waals surface area contributed by atoms with Crippen molar-refractivity contribution in [3.8, 4) is 11.3 Å². The third-order valence-corrected chi connectivity index (χ3v) is 6.60. The quantitative estimate of drug-likeness (QED) is 0.849. The highest BCUT2D eigenvalue weighted by atomic mass is 32.2. The van der Waals surface area contributed by atoms with E-state index in [4.69, 9.17) is 0 Å². The summed E-state index contributed by atoms with van der Waals surface area (Å²) in [5.74, 6) is 0.582. The summed E-state index contributed by atoms with van der Waals surface area (Å²) < 4.78 is 13.9. The van der Waals surface area contributed by atoms with Crippen LogP contribution in [0.4, 0.5) is 0 Å². The molecular formula is C18H22N2O2S. The highest BCUT2D eigenvalue weighted by molar-refractivity contribution is 7.85. The average molecular weight is 330 g/mol. The molecule has 0 radical (unpaired) electrons. The molecule has 1 fully saturated rings. The molecule has 1 aliphatic rings. The average Bonchev–Trinajstić information content (AvgIpc) is 2.94. The lowest BCUT2D eigenvalue weighted by atomic mass is 10.2. The van der Waals surface area contributed by atoms with Gasteiger partial charge in [0.15, 0.2) is 0 Å². The van der Waals surface area contributed by atoms with Crippen molar-refractivity contribution >= 4 is 16.7 Å². The number of carbonyl (C=O) groups is 1. The Labute approximate surface area is 139 Å². The first-order valence-corrected chi connectivity index (χ1v) is 9.28. The van der Waals surface area contributed by atoms with E-state index in [0.29, 0.717) is 18.0 Å². The zero-order valence-electron chi connectivity index (χ0n) is 13.7. The van der Waals surface area contributed by atoms with Crippen LogP contribution >= 0.6 is 0 Å². The fraction of sp³-hybridized carbons (Fsp3) is 0.389. The molecule has 3 atom stereocenters. The molecule has 1 aromatic carbocycles. The number of amides is 1. The summed E-state index contributed by atoms with van der Waals surface area (Å²) in [6, 6.07) is 13.9. The molecule has 0 unspecified atom stereocenters. The van der Waals surface area contributed by atoms with Crippen LogP contribution in [0.1, 0.15) is 24.3 Å². The third kappa shape index (κ3) is 2.85. The van der Waals surface area contributed by atoms with Crippen molar-refractivity contribution < 1.29 is 9.00 Å². The lowest BCUT2D eigenvalue weighted by Gasteiger charge is -2.37. The van der Waals surface area contributed by atoms with E-state index in [9.17, 15) is 9.00 Å². The van der Waals surface area contributed by atoms with Gasteiger partial charge in [-0.1, -0.05) is 30.3 Å². The molecular weight excluding hydrogens is 308 g/mol. The highest BCUT2D eigenvalue weighted by Gasteiger charge is 2.34. The molecule has 2 heterocycles. The van der Waals surface area contributed by atoms with Crippen LogP contribution in [0, 0.1) is 0 Å². The Hall–Kier alpha value is -1.88. The van der Waals surface area contributed by atoms with Crippen LogP contribution in [0.5, 0.6) is 0 Å². The maximum absolute atomic E-state index is 12.9. The minimum absolute atomic E-state index is 0.00726. The number of aromatic nitrogens is 1. The molecule has 5 heteroatoms. The summed E-state index contributed by atoms with van der Waals surface area (Å²) in [5, 5.41) is 0.0153. The molecule has 3 rings (SSSR count). The van der Waals surface area contributed by atoms with E-state index in [2.05, 4.69) is 0 Å². The van der Waals surface area contributed by atoms with Crippen molar-refractivity contribution in [3.05, 3.63) is 48.2 Å². The molecule has 4 nitrogen and oxygen atoms in total. The Morgan fingerprint density at radius 2 is 1.83 bits per heavy atom. The van der Waals surface area contributed by atoms with Gasteiger partial charge in [0.25, 0.3) is 5.91 Å². The molecule has 0 N–H and O–H groups in total. The Morgan fingerprint density at radius 3 is 2.52 bits per heavy atom. The second-order valence-corrected chi connectivity index (χ2v) is 7.97. The smallest absolute Gasteiger partial charge is 0.270 e. The van der Waals surface area contributed by atoms with E-state index in [0.717, 1.165) is 11.3 Å². The number of carbonyl (C=O) groups excluding carboxylic acids is 1. The number of benzene rings is 1. The van der Waals surface area contributed by atoms with Gasteiger partial charge in [-0.3, -0.25) is 9.00 Å². The summed E-state index contributed by atoms with van der Waals surface area (Å²) in [5.41, 5.74) is 2.79. The largest absolute Gasteiger partial charge is 0.340 e. The second kappa shape index (κ2) is 6.32. The number of rotatable bonds is 2. The first-order valence-electron chi connectivity index (χ1n) is 7.90. The van der Waals surface area contributed by atoms with Gasteiger partial charge in [-0.25, -0.2) is 0 Å². The van der Waals surface area contributed by atoms with Crippen LogP contribution in [0.15, 0.2) is 42.5 Å². The number of nitrogens with zero attached hydrogens (tertiary/aromatic N) is 2. The predicted octanol–water partition coefficient (Wildman–Crippen LogP) is 2.67. The van der Waals surface area contributed by atoms with Crippen molar-refractivity contribution in [1.29, 1.82) is 0 Å². The minimum Gasteiger partial charge on any atom is -0.340 e. The van der Waals surface area contributed by atoms with Crippen LogP contribution in [0.2, 0.25) is 0 Å². The van der Waals surface area contributed by atoms with Crippen molar-refractivity contribution in [2.45, 2.75) is 25.1 Å². The maximum atomic E-state index is 12.9. The van der Waals surface area contributed by atoms with Crippen molar-refractivity contribution in [2.75, 3.05) is 12.3 Å². The summed E-state index contributed by atoms with van der Waals surface area (Å²) in [7, 11) is 1.08. The monoisotopic (exact) mass is 330 g/mol. The summed E-state index contributed by atoms with van der Waals surface area (Å²) in [6.45, 7) is 4.50. The number of hydrogen-bond acceptors (Lipinski definition) is 2. The molecule has 1 aromatic heterocycles. The van der Waals surface area contributed by atoms with Gasteiger partial charge in [0.05, 0.1) is 5.25 Å². The zero-order valence-corrected chi connectivity index (χ0v) is 14.5. The SMILES string of the molecule is C[C@@H]1[C@@H](C)[S@](=O)CCN1C(=O)c1ccc(-c2ccccc2)n1C. The van der Waals surface area contributed by atoms with E-state index in [1.807, 2.05) is 72.8 Å². The Kier molecular flexibility index (Phi) is 4.39. The van der Waals surface area contributed by atoms with E-state index in [1.165, 1.54) is 0 Å². The molecule has 122 valence electrons. The van der Waals surface area contributed by atoms with Crippen molar-refractivity contribution in [3.63, 3.8) is 0 Å². The van der Waals surface area contributed by atoms with Gasteiger partial charge in [0, 0.05) is 41.9 Å². The molecule has 1 aliphatic heterocycles. The van der Waals surface area contributed by atoms with Gasteiger partial charge in [-0.05, 0) is 31.5 Å². The highest BCUT2D eigenvalue weighted by Crippen LogP contribution is 2.24. The summed E-state index contributed by atoms with van der Waals surface area (Å²) >= 11 is 0. The van der Waals surface area contributed by atoms with Gasteiger partial charge in [-0.15, -0.1) is 0 Å². The lowest BCUT2D eigenvalue weighted by molar-refractivity contribution is 0.0686.